The largest absolute Gasteiger partial charge is 0.469 e. The van der Waals surface area contributed by atoms with Gasteiger partial charge in [-0.05, 0) is 69.2 Å². The summed E-state index contributed by atoms with van der Waals surface area (Å²) in [5.74, 6) is 1.59. The van der Waals surface area contributed by atoms with Gasteiger partial charge in [0.15, 0.2) is 9.84 Å². The van der Waals surface area contributed by atoms with Crippen molar-refractivity contribution < 1.29 is 58.8 Å². The van der Waals surface area contributed by atoms with Crippen molar-refractivity contribution in [2.75, 3.05) is 60.9 Å². The zero-order valence-corrected chi connectivity index (χ0v) is 53.6. The Labute approximate surface area is 445 Å². The van der Waals surface area contributed by atoms with Gasteiger partial charge in [0.05, 0.1) is 28.8 Å². The van der Waals surface area contributed by atoms with Crippen LogP contribution in [0.25, 0.3) is 0 Å². The van der Waals surface area contributed by atoms with Crippen LogP contribution in [0, 0.1) is 35.5 Å². The molecule has 0 rings (SSSR count). The number of methoxy groups -OCH3 is 1. The van der Waals surface area contributed by atoms with Gasteiger partial charge in [0, 0.05) is 89.4 Å². The number of carbonyl (C=O) groups is 6. The highest BCUT2D eigenvalue weighted by molar-refractivity contribution is 7.92. The fourth-order valence-corrected chi connectivity index (χ4v) is 4.14. The van der Waals surface area contributed by atoms with Crippen LogP contribution in [0.3, 0.4) is 0 Å². The molecule has 3 N–H and O–H groups in total. The third-order valence-corrected chi connectivity index (χ3v) is 14.3. The molecular formula is C51H117N5O13S3. The lowest BCUT2D eigenvalue weighted by molar-refractivity contribution is -0.144. The monoisotopic (exact) mass is 1100 g/mol. The first-order valence-electron chi connectivity index (χ1n) is 24.5. The number of hydrogen-bond donors (Lipinski definition) is 3. The summed E-state index contributed by atoms with van der Waals surface area (Å²) in [6, 6.07) is 0.264. The van der Waals surface area contributed by atoms with Crippen molar-refractivity contribution in [1.29, 1.82) is 0 Å². The number of ketones is 1. The molecule has 0 aliphatic rings. The molecule has 21 heteroatoms. The van der Waals surface area contributed by atoms with E-state index in [1.807, 2.05) is 104 Å². The number of rotatable bonds is 13. The normalized spacial score (nSPS) is 10.3. The fraction of sp³-hybridized carbons (Fsp3) is 0.882. The number of hydrogen-bond acceptors (Lipinski definition) is 13. The van der Waals surface area contributed by atoms with Crippen LogP contribution in [0.4, 0.5) is 0 Å². The molecule has 0 fully saturated rings. The first-order valence-corrected chi connectivity index (χ1v) is 29.7. The number of nitrogens with one attached hydrogen (secondary N) is 3. The quantitative estimate of drug-likeness (QED) is 0.147. The second-order valence-electron chi connectivity index (χ2n) is 18.7. The van der Waals surface area contributed by atoms with Crippen LogP contribution in [-0.2, 0) is 63.2 Å². The Morgan fingerprint density at radius 2 is 0.847 bits per heavy atom. The molecule has 0 spiro atoms. The third kappa shape index (κ3) is 73.4. The van der Waals surface area contributed by atoms with Gasteiger partial charge in [0.2, 0.25) is 33.7 Å². The number of esters is 1. The number of amides is 4. The molecule has 442 valence electrons. The average molecular weight is 1100 g/mol. The molecular weight excluding hydrogens is 987 g/mol. The molecule has 0 atom stereocenters. The molecule has 0 saturated carbocycles. The van der Waals surface area contributed by atoms with E-state index < -0.39 is 29.7 Å². The highest BCUT2D eigenvalue weighted by Gasteiger charge is 2.17. The molecule has 0 saturated heterocycles. The van der Waals surface area contributed by atoms with E-state index in [2.05, 4.69) is 20.7 Å². The molecule has 0 heterocycles. The van der Waals surface area contributed by atoms with E-state index in [-0.39, 0.29) is 106 Å². The summed E-state index contributed by atoms with van der Waals surface area (Å²) in [4.78, 5) is 64.7. The van der Waals surface area contributed by atoms with Crippen molar-refractivity contribution in [2.24, 2.45) is 35.5 Å². The lowest BCUT2D eigenvalue weighted by Crippen LogP contribution is -2.33. The Kier molecular flexibility index (Phi) is 71.2. The van der Waals surface area contributed by atoms with Gasteiger partial charge in [-0.25, -0.2) is 29.6 Å². The summed E-state index contributed by atoms with van der Waals surface area (Å²) >= 11 is 0. The van der Waals surface area contributed by atoms with E-state index in [1.165, 1.54) is 31.8 Å². The van der Waals surface area contributed by atoms with Crippen LogP contribution >= 0.6 is 0 Å². The predicted octanol–water partition coefficient (Wildman–Crippen LogP) is 8.33. The van der Waals surface area contributed by atoms with Gasteiger partial charge in [0.1, 0.15) is 15.6 Å². The summed E-state index contributed by atoms with van der Waals surface area (Å²) in [6.07, 6.45) is 1.23. The smallest absolute Gasteiger partial charge is 0.308 e. The third-order valence-electron chi connectivity index (χ3n) is 8.10. The fourth-order valence-electron chi connectivity index (χ4n) is 2.63. The summed E-state index contributed by atoms with van der Waals surface area (Å²) in [7, 11) is 1.18. The van der Waals surface area contributed by atoms with Gasteiger partial charge in [0.25, 0.3) is 0 Å². The Morgan fingerprint density at radius 1 is 0.528 bits per heavy atom. The number of sulfonamides is 1. The van der Waals surface area contributed by atoms with Crippen molar-refractivity contribution in [3.8, 4) is 0 Å². The van der Waals surface area contributed by atoms with Crippen LogP contribution in [0.2, 0.25) is 0 Å². The van der Waals surface area contributed by atoms with Crippen LogP contribution in [0.15, 0.2) is 0 Å². The number of carbonyl (C=O) groups excluding carboxylic acids is 6. The molecule has 0 aliphatic carbocycles. The minimum Gasteiger partial charge on any atom is -0.469 e. The molecule has 0 bridgehead atoms. The highest BCUT2D eigenvalue weighted by atomic mass is 32.2. The van der Waals surface area contributed by atoms with Crippen molar-refractivity contribution in [3.05, 3.63) is 0 Å². The average Bonchev–Trinajstić information content (AvgIpc) is 3.24. The number of Topliss-reactive ketones (excluding diaryl/α,β-unsaturated/α-hetero) is 1. The summed E-state index contributed by atoms with van der Waals surface area (Å²) in [5.41, 5.74) is 0. The van der Waals surface area contributed by atoms with Gasteiger partial charge < -0.3 is 25.6 Å². The SMILES string of the molecule is C.CC.CC(=O)C(C)C.CC(C)C(=O)N(C)C.CC(C)NC(=O)C(C)C.CC(C)S(=O)(=O)N(C)C.CC(C)S(C)(=O)=O.CCNC(=O)C(C)C.CCS(=O)(=O)C(C)C.CNC(=O)C(C)C.COC(=O)C(C)C. The van der Waals surface area contributed by atoms with Crippen molar-refractivity contribution in [2.45, 2.75) is 202 Å². The molecule has 18 nitrogen and oxygen atoms in total. The Bertz CT molecular complexity index is 1630. The summed E-state index contributed by atoms with van der Waals surface area (Å²) in [5, 5.41) is 7.28. The van der Waals surface area contributed by atoms with Gasteiger partial charge in [-0.1, -0.05) is 111 Å². The van der Waals surface area contributed by atoms with Crippen LogP contribution < -0.4 is 16.0 Å². The van der Waals surface area contributed by atoms with E-state index in [0.717, 1.165) is 6.54 Å². The first kappa shape index (κ1) is 94.7. The minimum absolute atomic E-state index is 0. The minimum atomic E-state index is -2.98. The zero-order chi connectivity index (χ0) is 60.1. The lowest BCUT2D eigenvalue weighted by atomic mass is 10.1. The maximum atomic E-state index is 11.0. The number of sulfone groups is 2. The first-order chi connectivity index (χ1) is 31.6. The van der Waals surface area contributed by atoms with Crippen molar-refractivity contribution >= 4 is 65.1 Å². The second kappa shape index (κ2) is 54.1. The molecule has 0 aromatic heterocycles. The van der Waals surface area contributed by atoms with Gasteiger partial charge in [-0.2, -0.15) is 0 Å². The lowest BCUT2D eigenvalue weighted by Gasteiger charge is -2.13. The molecule has 4 amide bonds. The molecule has 0 aromatic carbocycles. The van der Waals surface area contributed by atoms with Crippen molar-refractivity contribution in [3.63, 3.8) is 0 Å². The number of nitrogens with zero attached hydrogens (tertiary/aromatic N) is 2. The Morgan fingerprint density at radius 3 is 0.875 bits per heavy atom. The summed E-state index contributed by atoms with van der Waals surface area (Å²) < 4.78 is 69.6. The van der Waals surface area contributed by atoms with Crippen LogP contribution in [0.5, 0.6) is 0 Å². The number of ether oxygens (including phenoxy) is 1. The molecule has 0 unspecified atom stereocenters. The van der Waals surface area contributed by atoms with Crippen LogP contribution in [-0.4, -0.2) is 153 Å². The van der Waals surface area contributed by atoms with Gasteiger partial charge in [-0.15, -0.1) is 0 Å². The predicted molar refractivity (Wildman–Crippen MR) is 307 cm³/mol. The van der Waals surface area contributed by atoms with Gasteiger partial charge in [-0.3, -0.25) is 28.8 Å². The van der Waals surface area contributed by atoms with E-state index in [0.29, 0.717) is 0 Å². The molecule has 0 radical (unpaired) electrons. The topological polar surface area (TPSA) is 257 Å². The van der Waals surface area contributed by atoms with Gasteiger partial charge >= 0.3 is 5.97 Å². The van der Waals surface area contributed by atoms with Crippen molar-refractivity contribution in [1.82, 2.24) is 25.2 Å². The summed E-state index contributed by atoms with van der Waals surface area (Å²) in [6.45, 7) is 46.3. The maximum Gasteiger partial charge on any atom is 0.308 e. The molecule has 72 heavy (non-hydrogen) atoms. The standard InChI is InChI=1S/C7H15NO.2C6H13NO.C5H13NO2S.C5H11NO.C5H12O2S.C5H10O2.C5H10O.C4H10O2S.C2H6.CH4/c1-5(2)7(9)8-6(3)4;1-5(2)6(8)7(3)4;1-4-7-6(8)5(2)3;1-5(2)9(7,8)6(3)4;1-4(2)5(7)6-3;1-4-8(6,7)5(2)3;1-4(2)5(6)7-3;1-4(2)5(3)6;1-4(2)7(3,5)6;1-2;/h5-6H,1-4H3,(H,8,9);5H,1-4H3;5H,4H2,1-3H3,(H,7,8);5H,1-4H3;4H,1-3H3,(H,6,7);5H,4H2,1-3H3;4H,1-3H3;4H,1-3H3;4H,1-3H3;1-2H3;1H4. The molecule has 0 aromatic rings. The van der Waals surface area contributed by atoms with E-state index in [9.17, 15) is 54.0 Å². The van der Waals surface area contributed by atoms with Crippen LogP contribution in [0.1, 0.15) is 181 Å². The Balaban J connectivity index is -0.0000000643. The molecule has 0 aliphatic heterocycles. The highest BCUT2D eigenvalue weighted by Crippen LogP contribution is 2.02. The Hall–Kier alpha value is -3.17. The maximum absolute atomic E-state index is 11.0. The van der Waals surface area contributed by atoms with E-state index >= 15 is 0 Å². The zero-order valence-electron chi connectivity index (χ0n) is 51.1. The van der Waals surface area contributed by atoms with E-state index in [4.69, 9.17) is 0 Å². The van der Waals surface area contributed by atoms with E-state index in [1.54, 1.807) is 95.3 Å². The second-order valence-corrected chi connectivity index (χ2v) is 26.9.